The summed E-state index contributed by atoms with van der Waals surface area (Å²) in [6, 6.07) is 13.7. The van der Waals surface area contributed by atoms with E-state index in [2.05, 4.69) is 59.1 Å². The zero-order valence-electron chi connectivity index (χ0n) is 12.1. The van der Waals surface area contributed by atoms with Crippen molar-refractivity contribution >= 4 is 28.5 Å². The fourth-order valence-corrected chi connectivity index (χ4v) is 2.93. The molecule has 2 aromatic carbocycles. The van der Waals surface area contributed by atoms with Crippen molar-refractivity contribution in [2.75, 3.05) is 6.61 Å². The standard InChI is InChI=1S/C17H18INO2/c1-11-6-8-13(9-7-11)14-4-3-5-15(16(14)18)17(21)19-12(2)10-20/h3-9,12,20H,10H2,1-2H3,(H,19,21). The van der Waals surface area contributed by atoms with Crippen molar-refractivity contribution in [2.24, 2.45) is 0 Å². The van der Waals surface area contributed by atoms with Crippen LogP contribution in [0.4, 0.5) is 0 Å². The second-order valence-electron chi connectivity index (χ2n) is 5.09. The number of aliphatic hydroxyl groups excluding tert-OH is 1. The van der Waals surface area contributed by atoms with Gasteiger partial charge in [-0.2, -0.15) is 0 Å². The molecule has 21 heavy (non-hydrogen) atoms. The lowest BCUT2D eigenvalue weighted by atomic mass is 10.0. The lowest BCUT2D eigenvalue weighted by Gasteiger charge is -2.14. The number of rotatable bonds is 4. The van der Waals surface area contributed by atoms with E-state index < -0.39 is 0 Å². The van der Waals surface area contributed by atoms with Gasteiger partial charge in [-0.25, -0.2) is 0 Å². The molecule has 0 saturated heterocycles. The number of nitrogens with one attached hydrogen (secondary N) is 1. The Labute approximate surface area is 138 Å². The van der Waals surface area contributed by atoms with Crippen molar-refractivity contribution < 1.29 is 9.90 Å². The molecule has 0 aliphatic carbocycles. The number of aliphatic hydroxyl groups is 1. The van der Waals surface area contributed by atoms with E-state index in [1.165, 1.54) is 5.56 Å². The molecule has 0 heterocycles. The molecule has 0 bridgehead atoms. The van der Waals surface area contributed by atoms with Gasteiger partial charge in [0.05, 0.1) is 12.2 Å². The van der Waals surface area contributed by atoms with Gasteiger partial charge in [-0.05, 0) is 53.6 Å². The van der Waals surface area contributed by atoms with Crippen molar-refractivity contribution in [3.63, 3.8) is 0 Å². The Morgan fingerprint density at radius 2 is 1.90 bits per heavy atom. The number of amides is 1. The van der Waals surface area contributed by atoms with Gasteiger partial charge in [0.15, 0.2) is 0 Å². The third-order valence-corrected chi connectivity index (χ3v) is 4.42. The quantitative estimate of drug-likeness (QED) is 0.780. The van der Waals surface area contributed by atoms with Gasteiger partial charge in [0.1, 0.15) is 0 Å². The van der Waals surface area contributed by atoms with E-state index in [0.717, 1.165) is 14.7 Å². The Kier molecular flexibility index (Phi) is 5.36. The van der Waals surface area contributed by atoms with Crippen LogP contribution in [0.3, 0.4) is 0 Å². The first-order chi connectivity index (χ1) is 10.0. The highest BCUT2D eigenvalue weighted by Crippen LogP contribution is 2.28. The van der Waals surface area contributed by atoms with Crippen LogP contribution in [-0.4, -0.2) is 23.7 Å². The average Bonchev–Trinajstić information content (AvgIpc) is 2.48. The molecule has 1 atom stereocenters. The molecule has 0 aromatic heterocycles. The maximum absolute atomic E-state index is 12.2. The summed E-state index contributed by atoms with van der Waals surface area (Å²) in [5, 5.41) is 11.8. The van der Waals surface area contributed by atoms with E-state index in [4.69, 9.17) is 5.11 Å². The predicted octanol–water partition coefficient (Wildman–Crippen LogP) is 3.38. The lowest BCUT2D eigenvalue weighted by Crippen LogP contribution is -2.35. The van der Waals surface area contributed by atoms with Gasteiger partial charge < -0.3 is 10.4 Å². The van der Waals surface area contributed by atoms with Gasteiger partial charge in [-0.3, -0.25) is 4.79 Å². The molecule has 0 spiro atoms. The van der Waals surface area contributed by atoms with Crippen molar-refractivity contribution in [2.45, 2.75) is 19.9 Å². The molecule has 1 unspecified atom stereocenters. The van der Waals surface area contributed by atoms with Crippen molar-refractivity contribution in [1.82, 2.24) is 5.32 Å². The monoisotopic (exact) mass is 395 g/mol. The Morgan fingerprint density at radius 3 is 2.52 bits per heavy atom. The molecule has 0 aliphatic rings. The molecule has 110 valence electrons. The van der Waals surface area contributed by atoms with Crippen molar-refractivity contribution in [3.8, 4) is 11.1 Å². The van der Waals surface area contributed by atoms with Crippen LogP contribution in [0.5, 0.6) is 0 Å². The summed E-state index contributed by atoms with van der Waals surface area (Å²) in [5.41, 5.74) is 3.98. The van der Waals surface area contributed by atoms with Gasteiger partial charge >= 0.3 is 0 Å². The number of carbonyl (C=O) groups excluding carboxylic acids is 1. The van der Waals surface area contributed by atoms with Crippen LogP contribution in [0.25, 0.3) is 11.1 Å². The SMILES string of the molecule is Cc1ccc(-c2cccc(C(=O)NC(C)CO)c2I)cc1. The van der Waals surface area contributed by atoms with Crippen molar-refractivity contribution in [3.05, 3.63) is 57.2 Å². The van der Waals surface area contributed by atoms with Crippen LogP contribution in [0.15, 0.2) is 42.5 Å². The number of carbonyl (C=O) groups is 1. The molecule has 4 heteroatoms. The van der Waals surface area contributed by atoms with E-state index >= 15 is 0 Å². The summed E-state index contributed by atoms with van der Waals surface area (Å²) >= 11 is 2.20. The summed E-state index contributed by atoms with van der Waals surface area (Å²) in [6.45, 7) is 3.75. The van der Waals surface area contributed by atoms with E-state index in [-0.39, 0.29) is 18.6 Å². The van der Waals surface area contributed by atoms with Gasteiger partial charge in [0, 0.05) is 9.61 Å². The molecule has 2 rings (SSSR count). The molecular weight excluding hydrogens is 377 g/mol. The van der Waals surface area contributed by atoms with Crippen LogP contribution in [-0.2, 0) is 0 Å². The second kappa shape index (κ2) is 7.04. The minimum Gasteiger partial charge on any atom is -0.394 e. The first-order valence-corrected chi connectivity index (χ1v) is 7.88. The number of halogens is 1. The highest BCUT2D eigenvalue weighted by atomic mass is 127. The topological polar surface area (TPSA) is 49.3 Å². The fraction of sp³-hybridized carbons (Fsp3) is 0.235. The molecule has 0 saturated carbocycles. The Hall–Kier alpha value is -1.40. The van der Waals surface area contributed by atoms with Crippen LogP contribution < -0.4 is 5.32 Å². The summed E-state index contributed by atoms with van der Waals surface area (Å²) in [6.07, 6.45) is 0. The first kappa shape index (κ1) is 16.0. The summed E-state index contributed by atoms with van der Waals surface area (Å²) < 4.78 is 0.918. The highest BCUT2D eigenvalue weighted by molar-refractivity contribution is 14.1. The number of hydrogen-bond donors (Lipinski definition) is 2. The fourth-order valence-electron chi connectivity index (χ4n) is 2.01. The van der Waals surface area contributed by atoms with Crippen LogP contribution in [0.1, 0.15) is 22.8 Å². The molecule has 0 aliphatic heterocycles. The molecule has 2 N–H and O–H groups in total. The number of aryl methyl sites for hydroxylation is 1. The third kappa shape index (κ3) is 3.83. The highest BCUT2D eigenvalue weighted by Gasteiger charge is 2.15. The van der Waals surface area contributed by atoms with Crippen LogP contribution in [0, 0.1) is 10.5 Å². The van der Waals surface area contributed by atoms with Gasteiger partial charge in [0.25, 0.3) is 5.91 Å². The largest absolute Gasteiger partial charge is 0.394 e. The zero-order chi connectivity index (χ0) is 15.4. The second-order valence-corrected chi connectivity index (χ2v) is 6.17. The minimum absolute atomic E-state index is 0.0695. The zero-order valence-corrected chi connectivity index (χ0v) is 14.2. The minimum atomic E-state index is -0.253. The Morgan fingerprint density at radius 1 is 1.24 bits per heavy atom. The van der Waals surface area contributed by atoms with E-state index in [9.17, 15) is 4.79 Å². The van der Waals surface area contributed by atoms with Crippen LogP contribution in [0.2, 0.25) is 0 Å². The van der Waals surface area contributed by atoms with E-state index in [0.29, 0.717) is 5.56 Å². The number of hydrogen-bond acceptors (Lipinski definition) is 2. The normalized spacial score (nSPS) is 12.0. The molecule has 0 fully saturated rings. The maximum atomic E-state index is 12.2. The van der Waals surface area contributed by atoms with Gasteiger partial charge in [-0.15, -0.1) is 0 Å². The van der Waals surface area contributed by atoms with Gasteiger partial charge in [0.2, 0.25) is 0 Å². The Balaban J connectivity index is 2.36. The lowest BCUT2D eigenvalue weighted by molar-refractivity contribution is 0.0921. The van der Waals surface area contributed by atoms with Crippen LogP contribution >= 0.6 is 22.6 Å². The molecular formula is C17H18INO2. The maximum Gasteiger partial charge on any atom is 0.252 e. The average molecular weight is 395 g/mol. The smallest absolute Gasteiger partial charge is 0.252 e. The predicted molar refractivity (Wildman–Crippen MR) is 93.3 cm³/mol. The van der Waals surface area contributed by atoms with E-state index in [1.807, 2.05) is 12.1 Å². The van der Waals surface area contributed by atoms with Crippen molar-refractivity contribution in [1.29, 1.82) is 0 Å². The summed E-state index contributed by atoms with van der Waals surface area (Å²) in [7, 11) is 0. The summed E-state index contributed by atoms with van der Waals surface area (Å²) in [4.78, 5) is 12.2. The number of benzene rings is 2. The molecule has 3 nitrogen and oxygen atoms in total. The summed E-state index contributed by atoms with van der Waals surface area (Å²) in [5.74, 6) is -0.157. The molecule has 0 radical (unpaired) electrons. The molecule has 2 aromatic rings. The third-order valence-electron chi connectivity index (χ3n) is 3.26. The molecule has 1 amide bonds. The Bertz CT molecular complexity index is 638. The van der Waals surface area contributed by atoms with E-state index in [1.54, 1.807) is 13.0 Å². The first-order valence-electron chi connectivity index (χ1n) is 6.80. The van der Waals surface area contributed by atoms with Gasteiger partial charge in [-0.1, -0.05) is 42.0 Å².